The molecular formula is C15H22Cl2N2. The molecule has 0 aliphatic heterocycles. The maximum absolute atomic E-state index is 6.31. The standard InChI is InChI=1S/C15H22Cl2N2/c1-19(12-5-3-2-4-6-12)15(10-18)13-9-11(16)7-8-14(13)17/h7-9,12,15H,2-6,10,18H2,1H3. The fraction of sp³-hybridized carbons (Fsp3) is 0.600. The van der Waals surface area contributed by atoms with Gasteiger partial charge in [0.25, 0.3) is 0 Å². The van der Waals surface area contributed by atoms with Gasteiger partial charge in [-0.1, -0.05) is 42.5 Å². The third kappa shape index (κ3) is 3.63. The molecule has 19 heavy (non-hydrogen) atoms. The summed E-state index contributed by atoms with van der Waals surface area (Å²) in [5.74, 6) is 0. The van der Waals surface area contributed by atoms with Crippen LogP contribution in [0, 0.1) is 0 Å². The fourth-order valence-corrected chi connectivity index (χ4v) is 3.45. The van der Waals surface area contributed by atoms with E-state index in [-0.39, 0.29) is 6.04 Å². The Morgan fingerprint density at radius 2 is 1.95 bits per heavy atom. The summed E-state index contributed by atoms with van der Waals surface area (Å²) < 4.78 is 0. The van der Waals surface area contributed by atoms with Crippen molar-refractivity contribution in [1.29, 1.82) is 0 Å². The molecular weight excluding hydrogens is 279 g/mol. The van der Waals surface area contributed by atoms with Gasteiger partial charge in [0, 0.05) is 28.7 Å². The fourth-order valence-electron chi connectivity index (χ4n) is 3.03. The van der Waals surface area contributed by atoms with E-state index < -0.39 is 0 Å². The van der Waals surface area contributed by atoms with Gasteiger partial charge < -0.3 is 5.73 Å². The van der Waals surface area contributed by atoms with Gasteiger partial charge in [-0.3, -0.25) is 4.90 Å². The molecule has 0 aromatic heterocycles. The molecule has 106 valence electrons. The van der Waals surface area contributed by atoms with Gasteiger partial charge >= 0.3 is 0 Å². The van der Waals surface area contributed by atoms with Crippen molar-refractivity contribution in [2.45, 2.75) is 44.2 Å². The van der Waals surface area contributed by atoms with E-state index >= 15 is 0 Å². The maximum Gasteiger partial charge on any atom is 0.0485 e. The third-order valence-electron chi connectivity index (χ3n) is 4.18. The Morgan fingerprint density at radius 3 is 2.58 bits per heavy atom. The van der Waals surface area contributed by atoms with E-state index in [0.29, 0.717) is 12.6 Å². The van der Waals surface area contributed by atoms with Crippen LogP contribution in [0.15, 0.2) is 18.2 Å². The highest BCUT2D eigenvalue weighted by Crippen LogP contribution is 2.33. The lowest BCUT2D eigenvalue weighted by molar-refractivity contribution is 0.141. The zero-order valence-electron chi connectivity index (χ0n) is 11.4. The lowest BCUT2D eigenvalue weighted by Crippen LogP contribution is -2.39. The molecule has 2 nitrogen and oxygen atoms in total. The number of rotatable bonds is 4. The molecule has 0 spiro atoms. The first-order valence-electron chi connectivity index (χ1n) is 7.00. The number of hydrogen-bond donors (Lipinski definition) is 1. The van der Waals surface area contributed by atoms with Crippen molar-refractivity contribution in [3.05, 3.63) is 33.8 Å². The lowest BCUT2D eigenvalue weighted by Gasteiger charge is -2.37. The molecule has 1 fully saturated rings. The molecule has 0 radical (unpaired) electrons. The van der Waals surface area contributed by atoms with Crippen LogP contribution in [0.1, 0.15) is 43.7 Å². The summed E-state index contributed by atoms with van der Waals surface area (Å²) in [4.78, 5) is 2.39. The summed E-state index contributed by atoms with van der Waals surface area (Å²) in [6, 6.07) is 6.38. The van der Waals surface area contributed by atoms with Gasteiger partial charge in [-0.25, -0.2) is 0 Å². The van der Waals surface area contributed by atoms with Gasteiger partial charge in [0.1, 0.15) is 0 Å². The number of hydrogen-bond acceptors (Lipinski definition) is 2. The normalized spacial score (nSPS) is 18.8. The number of nitrogens with zero attached hydrogens (tertiary/aromatic N) is 1. The molecule has 1 unspecified atom stereocenters. The Labute approximate surface area is 125 Å². The predicted molar refractivity (Wildman–Crippen MR) is 82.9 cm³/mol. The highest BCUT2D eigenvalue weighted by molar-refractivity contribution is 6.33. The Bertz CT molecular complexity index is 417. The zero-order chi connectivity index (χ0) is 13.8. The van der Waals surface area contributed by atoms with Crippen LogP contribution in [0.25, 0.3) is 0 Å². The summed E-state index contributed by atoms with van der Waals surface area (Å²) in [6.45, 7) is 0.563. The Hall–Kier alpha value is -0.280. The van der Waals surface area contributed by atoms with E-state index in [1.165, 1.54) is 32.1 Å². The first-order valence-corrected chi connectivity index (χ1v) is 7.76. The van der Waals surface area contributed by atoms with E-state index in [2.05, 4.69) is 11.9 Å². The molecule has 1 aliphatic carbocycles. The minimum absolute atomic E-state index is 0.147. The van der Waals surface area contributed by atoms with Crippen molar-refractivity contribution in [2.24, 2.45) is 5.73 Å². The van der Waals surface area contributed by atoms with Crippen molar-refractivity contribution in [3.63, 3.8) is 0 Å². The van der Waals surface area contributed by atoms with Crippen LogP contribution in [0.4, 0.5) is 0 Å². The largest absolute Gasteiger partial charge is 0.329 e. The van der Waals surface area contributed by atoms with Gasteiger partial charge in [0.2, 0.25) is 0 Å². The van der Waals surface area contributed by atoms with Crippen LogP contribution in [0.3, 0.4) is 0 Å². The average Bonchev–Trinajstić information content (AvgIpc) is 2.44. The topological polar surface area (TPSA) is 29.3 Å². The SMILES string of the molecule is CN(C1CCCCC1)C(CN)c1cc(Cl)ccc1Cl. The summed E-state index contributed by atoms with van der Waals surface area (Å²) in [6.07, 6.45) is 6.50. The van der Waals surface area contributed by atoms with E-state index in [4.69, 9.17) is 28.9 Å². The van der Waals surface area contributed by atoms with Crippen LogP contribution < -0.4 is 5.73 Å². The Kier molecular flexibility index (Phi) is 5.52. The molecule has 1 atom stereocenters. The van der Waals surface area contributed by atoms with E-state index in [1.54, 1.807) is 0 Å². The third-order valence-corrected chi connectivity index (χ3v) is 4.76. The number of nitrogens with two attached hydrogens (primary N) is 1. The van der Waals surface area contributed by atoms with Crippen molar-refractivity contribution in [1.82, 2.24) is 4.90 Å². The molecule has 0 amide bonds. The van der Waals surface area contributed by atoms with Crippen LogP contribution in [0.2, 0.25) is 10.0 Å². The van der Waals surface area contributed by atoms with Crippen LogP contribution in [0.5, 0.6) is 0 Å². The lowest BCUT2D eigenvalue weighted by atomic mass is 9.92. The second-order valence-electron chi connectivity index (χ2n) is 5.37. The molecule has 2 rings (SSSR count). The van der Waals surface area contributed by atoms with Crippen molar-refractivity contribution < 1.29 is 0 Å². The second kappa shape index (κ2) is 6.94. The molecule has 4 heteroatoms. The Balaban J connectivity index is 2.20. The summed E-state index contributed by atoms with van der Waals surface area (Å²) in [7, 11) is 2.16. The van der Waals surface area contributed by atoms with Crippen molar-refractivity contribution in [3.8, 4) is 0 Å². The van der Waals surface area contributed by atoms with Crippen LogP contribution >= 0.6 is 23.2 Å². The van der Waals surface area contributed by atoms with E-state index in [1.807, 2.05) is 18.2 Å². The van der Waals surface area contributed by atoms with Crippen LogP contribution in [-0.4, -0.2) is 24.5 Å². The average molecular weight is 301 g/mol. The van der Waals surface area contributed by atoms with Gasteiger partial charge in [-0.2, -0.15) is 0 Å². The molecule has 0 bridgehead atoms. The van der Waals surface area contributed by atoms with Gasteiger partial charge in [0.15, 0.2) is 0 Å². The molecule has 1 aromatic carbocycles. The maximum atomic E-state index is 6.31. The molecule has 0 heterocycles. The smallest absolute Gasteiger partial charge is 0.0485 e. The Morgan fingerprint density at radius 1 is 1.26 bits per heavy atom. The second-order valence-corrected chi connectivity index (χ2v) is 6.22. The zero-order valence-corrected chi connectivity index (χ0v) is 12.9. The van der Waals surface area contributed by atoms with Crippen molar-refractivity contribution in [2.75, 3.05) is 13.6 Å². The summed E-state index contributed by atoms with van der Waals surface area (Å²) >= 11 is 12.4. The van der Waals surface area contributed by atoms with E-state index in [9.17, 15) is 0 Å². The van der Waals surface area contributed by atoms with E-state index in [0.717, 1.165) is 15.6 Å². The summed E-state index contributed by atoms with van der Waals surface area (Å²) in [5.41, 5.74) is 7.03. The first-order chi connectivity index (χ1) is 9.13. The highest BCUT2D eigenvalue weighted by atomic mass is 35.5. The molecule has 1 aromatic rings. The monoisotopic (exact) mass is 300 g/mol. The van der Waals surface area contributed by atoms with Gasteiger partial charge in [-0.15, -0.1) is 0 Å². The predicted octanol–water partition coefficient (Wildman–Crippen LogP) is 4.26. The minimum Gasteiger partial charge on any atom is -0.329 e. The quantitative estimate of drug-likeness (QED) is 0.900. The van der Waals surface area contributed by atoms with Crippen molar-refractivity contribution >= 4 is 23.2 Å². The highest BCUT2D eigenvalue weighted by Gasteiger charge is 2.26. The molecule has 1 saturated carbocycles. The van der Waals surface area contributed by atoms with Gasteiger partial charge in [0.05, 0.1) is 0 Å². The number of likely N-dealkylation sites (N-methyl/N-ethyl adjacent to an activating group) is 1. The molecule has 1 aliphatic rings. The number of halogens is 2. The number of benzene rings is 1. The van der Waals surface area contributed by atoms with Gasteiger partial charge in [-0.05, 0) is 43.7 Å². The molecule has 0 saturated heterocycles. The van der Waals surface area contributed by atoms with Crippen LogP contribution in [-0.2, 0) is 0 Å². The first kappa shape index (κ1) is 15.1. The molecule has 2 N–H and O–H groups in total. The summed E-state index contributed by atoms with van der Waals surface area (Å²) in [5, 5.41) is 1.47. The minimum atomic E-state index is 0.147.